The van der Waals surface area contributed by atoms with Gasteiger partial charge in [0, 0.05) is 39.1 Å². The van der Waals surface area contributed by atoms with Gasteiger partial charge in [-0.3, -0.25) is 19.3 Å². The lowest BCUT2D eigenvalue weighted by molar-refractivity contribution is -0.136. The van der Waals surface area contributed by atoms with Crippen LogP contribution in [0, 0.1) is 5.92 Å². The summed E-state index contributed by atoms with van der Waals surface area (Å²) in [7, 11) is 2.21. The van der Waals surface area contributed by atoms with Crippen LogP contribution < -0.4 is 16.4 Å². The zero-order chi connectivity index (χ0) is 24.8. The Morgan fingerprint density at radius 3 is 2.64 bits per heavy atom. The van der Waals surface area contributed by atoms with Crippen molar-refractivity contribution in [3.05, 3.63) is 35.4 Å². The zero-order valence-electron chi connectivity index (χ0n) is 19.5. The Morgan fingerprint density at radius 2 is 2.06 bits per heavy atom. The van der Waals surface area contributed by atoms with Crippen molar-refractivity contribution >= 4 is 26.7 Å². The highest BCUT2D eigenvalue weighted by Crippen LogP contribution is 2.35. The van der Waals surface area contributed by atoms with E-state index < -0.39 is 35.4 Å². The van der Waals surface area contributed by atoms with Crippen LogP contribution in [0.1, 0.15) is 38.3 Å². The third-order valence-corrected chi connectivity index (χ3v) is 6.34. The first-order chi connectivity index (χ1) is 15.5. The molecule has 33 heavy (non-hydrogen) atoms. The lowest BCUT2D eigenvalue weighted by Gasteiger charge is -2.37. The number of ketones is 2. The average Bonchev–Trinajstić information content (AvgIpc) is 2.75. The molecule has 2 rings (SSSR count). The van der Waals surface area contributed by atoms with Gasteiger partial charge in [-0.1, -0.05) is 33.5 Å². The van der Waals surface area contributed by atoms with Crippen LogP contribution in [0.25, 0.3) is 0 Å². The number of halogens is 1. The van der Waals surface area contributed by atoms with Crippen molar-refractivity contribution in [3.8, 4) is 0 Å². The first-order valence-electron chi connectivity index (χ1n) is 11.2. The highest BCUT2D eigenvalue weighted by atomic mass is 31.0. The number of nitrogens with zero attached hydrogens (tertiary/aromatic N) is 1. The number of carbonyl (C=O) groups is 3. The minimum Gasteiger partial charge on any atom is -0.393 e. The molecular formula is C23H36FN4O4P. The molecule has 8 nitrogen and oxygen atoms in total. The number of hydrogen-bond acceptors (Lipinski definition) is 7. The second-order valence-electron chi connectivity index (χ2n) is 8.85. The molecule has 0 saturated carbocycles. The molecule has 1 aliphatic heterocycles. The van der Waals surface area contributed by atoms with Crippen LogP contribution >= 0.6 is 9.24 Å². The molecule has 0 radical (unpaired) electrons. The van der Waals surface area contributed by atoms with E-state index >= 15 is 0 Å². The Labute approximate surface area is 197 Å². The van der Waals surface area contributed by atoms with Crippen LogP contribution in [0.3, 0.4) is 0 Å². The van der Waals surface area contributed by atoms with E-state index in [9.17, 15) is 23.9 Å². The molecule has 1 aromatic rings. The van der Waals surface area contributed by atoms with Gasteiger partial charge in [0.2, 0.25) is 5.91 Å². The number of carbonyl (C=O) groups excluding carboxylic acids is 3. The van der Waals surface area contributed by atoms with E-state index in [0.717, 1.165) is 5.56 Å². The highest BCUT2D eigenvalue weighted by Gasteiger charge is 2.35. The molecular weight excluding hydrogens is 446 g/mol. The summed E-state index contributed by atoms with van der Waals surface area (Å²) in [6.45, 7) is 6.20. The monoisotopic (exact) mass is 482 g/mol. The van der Waals surface area contributed by atoms with E-state index in [0.29, 0.717) is 31.7 Å². The van der Waals surface area contributed by atoms with E-state index in [4.69, 9.17) is 5.73 Å². The number of Topliss-reactive ketones (excluding diaryl/α,β-unsaturated/α-hetero) is 2. The predicted octanol–water partition coefficient (Wildman–Crippen LogP) is 0.466. The SMILES string of the molecule is CC(=O)[C@H](CN)NC(=O)[C@@H](CC(=O)[C@@H]1CNCCN1Cc1ccccc1C(C)(F)P)[C@H](C)O. The predicted molar refractivity (Wildman–Crippen MR) is 128 cm³/mol. The Bertz CT molecular complexity index is 846. The fourth-order valence-corrected chi connectivity index (χ4v) is 4.33. The number of nitrogens with one attached hydrogen (secondary N) is 2. The molecule has 1 fully saturated rings. The summed E-state index contributed by atoms with van der Waals surface area (Å²) in [6.07, 6.45) is -1.28. The maximum absolute atomic E-state index is 14.7. The van der Waals surface area contributed by atoms with Crippen molar-refractivity contribution in [2.45, 2.75) is 57.3 Å². The normalized spacial score (nSPS) is 21.5. The molecule has 5 N–H and O–H groups in total. The van der Waals surface area contributed by atoms with Gasteiger partial charge in [-0.05, 0) is 31.9 Å². The molecule has 1 heterocycles. The van der Waals surface area contributed by atoms with E-state index in [-0.39, 0.29) is 24.5 Å². The summed E-state index contributed by atoms with van der Waals surface area (Å²) in [6, 6.07) is 5.81. The number of aliphatic hydroxyl groups excluding tert-OH is 1. The molecule has 184 valence electrons. The number of alkyl halides is 1. The van der Waals surface area contributed by atoms with Crippen molar-refractivity contribution in [1.82, 2.24) is 15.5 Å². The van der Waals surface area contributed by atoms with Crippen molar-refractivity contribution in [2.24, 2.45) is 11.7 Å². The van der Waals surface area contributed by atoms with E-state index in [1.165, 1.54) is 20.8 Å². The number of piperazine rings is 1. The topological polar surface area (TPSA) is 125 Å². The van der Waals surface area contributed by atoms with Crippen molar-refractivity contribution < 1.29 is 23.9 Å². The second-order valence-corrected chi connectivity index (χ2v) is 9.93. The molecule has 0 spiro atoms. The minimum absolute atomic E-state index is 0.0650. The third kappa shape index (κ3) is 7.62. The van der Waals surface area contributed by atoms with E-state index in [1.807, 2.05) is 17.0 Å². The zero-order valence-corrected chi connectivity index (χ0v) is 20.7. The number of benzene rings is 1. The lowest BCUT2D eigenvalue weighted by atomic mass is 9.91. The Hall–Kier alpha value is -1.77. The average molecular weight is 483 g/mol. The van der Waals surface area contributed by atoms with Gasteiger partial charge in [0.25, 0.3) is 0 Å². The molecule has 0 aromatic heterocycles. The molecule has 1 amide bonds. The smallest absolute Gasteiger partial charge is 0.226 e. The standard InChI is InChI=1S/C23H36FN4O4P/c1-14(29)17(22(32)27-19(11-25)15(2)30)10-21(31)20-12-26-8-9-28(20)13-16-6-4-5-7-18(16)23(3,24)33/h4-7,14,17,19-20,26,29H,8-13,25,33H2,1-3H3,(H,27,32)/t14-,17-,19-,20-,23?/m0/s1. The van der Waals surface area contributed by atoms with Gasteiger partial charge in [-0.25, -0.2) is 4.39 Å². The minimum atomic E-state index is -1.60. The Kier molecular flexibility index (Phi) is 10.1. The van der Waals surface area contributed by atoms with Crippen molar-refractivity contribution in [3.63, 3.8) is 0 Å². The lowest BCUT2D eigenvalue weighted by Crippen LogP contribution is -2.55. The van der Waals surface area contributed by atoms with Gasteiger partial charge >= 0.3 is 0 Å². The summed E-state index contributed by atoms with van der Waals surface area (Å²) in [4.78, 5) is 39.5. The van der Waals surface area contributed by atoms with Gasteiger partial charge in [0.05, 0.1) is 24.1 Å². The number of aliphatic hydroxyl groups is 1. The fourth-order valence-electron chi connectivity index (χ4n) is 4.05. The molecule has 1 aromatic carbocycles. The first-order valence-corrected chi connectivity index (χ1v) is 11.8. The van der Waals surface area contributed by atoms with Crippen molar-refractivity contribution in [1.29, 1.82) is 0 Å². The van der Waals surface area contributed by atoms with Crippen LogP contribution in [-0.4, -0.2) is 71.8 Å². The van der Waals surface area contributed by atoms with Gasteiger partial charge in [0.1, 0.15) is 5.41 Å². The van der Waals surface area contributed by atoms with E-state index in [2.05, 4.69) is 19.9 Å². The van der Waals surface area contributed by atoms with Crippen LogP contribution in [0.2, 0.25) is 0 Å². The van der Waals surface area contributed by atoms with Crippen LogP contribution in [0.5, 0.6) is 0 Å². The number of amides is 1. The van der Waals surface area contributed by atoms with Gasteiger partial charge in [-0.2, -0.15) is 0 Å². The number of rotatable bonds is 11. The third-order valence-electron chi connectivity index (χ3n) is 6.03. The molecule has 0 aliphatic carbocycles. The van der Waals surface area contributed by atoms with Gasteiger partial charge in [-0.15, -0.1) is 0 Å². The van der Waals surface area contributed by atoms with Crippen LogP contribution in [-0.2, 0) is 26.3 Å². The van der Waals surface area contributed by atoms with E-state index in [1.54, 1.807) is 12.1 Å². The quantitative estimate of drug-likeness (QED) is 0.338. The summed E-state index contributed by atoms with van der Waals surface area (Å²) >= 11 is 0. The largest absolute Gasteiger partial charge is 0.393 e. The second kappa shape index (κ2) is 12.1. The number of nitrogens with two attached hydrogens (primary N) is 1. The van der Waals surface area contributed by atoms with Crippen molar-refractivity contribution in [2.75, 3.05) is 26.2 Å². The molecule has 1 saturated heterocycles. The molecule has 6 atom stereocenters. The maximum Gasteiger partial charge on any atom is 0.226 e. The van der Waals surface area contributed by atoms with Gasteiger partial charge in [0.15, 0.2) is 11.6 Å². The highest BCUT2D eigenvalue weighted by molar-refractivity contribution is 7.18. The molecule has 10 heteroatoms. The first kappa shape index (κ1) is 27.5. The van der Waals surface area contributed by atoms with Crippen LogP contribution in [0.15, 0.2) is 24.3 Å². The van der Waals surface area contributed by atoms with Crippen LogP contribution in [0.4, 0.5) is 4.39 Å². The number of hydrogen-bond donors (Lipinski definition) is 4. The Morgan fingerprint density at radius 1 is 1.39 bits per heavy atom. The maximum atomic E-state index is 14.7. The molecule has 0 bridgehead atoms. The summed E-state index contributed by atoms with van der Waals surface area (Å²) in [5, 5.41) is 14.3. The summed E-state index contributed by atoms with van der Waals surface area (Å²) in [5.41, 5.74) is 6.87. The fraction of sp³-hybridized carbons (Fsp3) is 0.609. The summed E-state index contributed by atoms with van der Waals surface area (Å²) < 4.78 is 14.7. The molecule has 1 aliphatic rings. The summed E-state index contributed by atoms with van der Waals surface area (Å²) in [5.74, 6) is -2.09. The molecule has 2 unspecified atom stereocenters. The van der Waals surface area contributed by atoms with Gasteiger partial charge < -0.3 is 21.5 Å². The Balaban J connectivity index is 2.17.